The van der Waals surface area contributed by atoms with Crippen LogP contribution in [0.3, 0.4) is 0 Å². The first-order valence-corrected chi connectivity index (χ1v) is 12.1. The van der Waals surface area contributed by atoms with Crippen LogP contribution in [0, 0.1) is 14.1 Å². The van der Waals surface area contributed by atoms with Gasteiger partial charge >= 0.3 is 5.97 Å². The van der Waals surface area contributed by atoms with Gasteiger partial charge in [-0.25, -0.2) is 0 Å². The molecular formula is C20H27I2N3O9. The molecule has 0 heterocycles. The highest BCUT2D eigenvalue weighted by atomic mass is 127. The number of hydrogen-bond acceptors (Lipinski definition) is 9. The summed E-state index contributed by atoms with van der Waals surface area (Å²) in [7, 11) is 0. The molecule has 0 bridgehead atoms. The Balaban J connectivity index is 3.65. The van der Waals surface area contributed by atoms with E-state index < -0.39 is 68.3 Å². The van der Waals surface area contributed by atoms with Crippen molar-refractivity contribution in [2.45, 2.75) is 39.0 Å². The van der Waals surface area contributed by atoms with Gasteiger partial charge in [0.2, 0.25) is 0 Å². The van der Waals surface area contributed by atoms with E-state index in [1.807, 2.05) is 45.2 Å². The summed E-state index contributed by atoms with van der Waals surface area (Å²) in [5.74, 6) is -2.82. The fourth-order valence-electron chi connectivity index (χ4n) is 2.79. The Morgan fingerprint density at radius 1 is 0.853 bits per heavy atom. The van der Waals surface area contributed by atoms with Gasteiger partial charge in [0, 0.05) is 6.92 Å². The summed E-state index contributed by atoms with van der Waals surface area (Å²) in [5.41, 5.74) is 0.315. The molecule has 0 fully saturated rings. The summed E-state index contributed by atoms with van der Waals surface area (Å²) in [6, 6.07) is -1.93. The zero-order valence-electron chi connectivity index (χ0n) is 18.6. The molecule has 0 aliphatic heterocycles. The Morgan fingerprint density at radius 3 is 1.56 bits per heavy atom. The van der Waals surface area contributed by atoms with Crippen LogP contribution in [0.2, 0.25) is 0 Å². The molecule has 1 atom stereocenters. The zero-order chi connectivity index (χ0) is 26.2. The topological polar surface area (TPSA) is 195 Å². The van der Waals surface area contributed by atoms with E-state index in [1.165, 1.54) is 13.8 Å². The van der Waals surface area contributed by atoms with Crippen molar-refractivity contribution in [3.8, 4) is 0 Å². The van der Waals surface area contributed by atoms with Crippen LogP contribution >= 0.6 is 45.2 Å². The number of aliphatic hydroxyl groups is 4. The Kier molecular flexibility index (Phi) is 12.6. The number of hydrogen-bond donors (Lipinski definition) is 7. The van der Waals surface area contributed by atoms with Crippen molar-refractivity contribution < 1.29 is 44.3 Å². The molecule has 0 spiro atoms. The van der Waals surface area contributed by atoms with E-state index in [0.717, 1.165) is 6.92 Å². The van der Waals surface area contributed by atoms with E-state index in [2.05, 4.69) is 16.0 Å². The van der Waals surface area contributed by atoms with Crippen molar-refractivity contribution in [1.29, 1.82) is 0 Å². The molecule has 0 aliphatic carbocycles. The predicted octanol–water partition coefficient (Wildman–Crippen LogP) is -0.740. The van der Waals surface area contributed by atoms with E-state index >= 15 is 0 Å². The Morgan fingerprint density at radius 2 is 1.24 bits per heavy atom. The molecule has 14 heteroatoms. The first-order chi connectivity index (χ1) is 15.9. The van der Waals surface area contributed by atoms with Crippen LogP contribution in [0.5, 0.6) is 0 Å². The zero-order valence-corrected chi connectivity index (χ0v) is 23.0. The molecule has 3 amide bonds. The van der Waals surface area contributed by atoms with Crippen LogP contribution in [0.4, 0.5) is 5.69 Å². The average molecular weight is 707 g/mol. The maximum atomic E-state index is 13.0. The van der Waals surface area contributed by atoms with Gasteiger partial charge in [0.1, 0.15) is 0 Å². The van der Waals surface area contributed by atoms with Gasteiger partial charge in [0.15, 0.2) is 6.10 Å². The summed E-state index contributed by atoms with van der Waals surface area (Å²) >= 11 is 3.63. The van der Waals surface area contributed by atoms with Gasteiger partial charge in [-0.1, -0.05) is 0 Å². The van der Waals surface area contributed by atoms with E-state index in [9.17, 15) is 39.6 Å². The van der Waals surface area contributed by atoms with Gasteiger partial charge in [-0.2, -0.15) is 0 Å². The number of rotatable bonds is 11. The summed E-state index contributed by atoms with van der Waals surface area (Å²) in [6.07, 6.45) is -1.17. The number of nitrogens with one attached hydrogen (secondary N) is 3. The lowest BCUT2D eigenvalue weighted by molar-refractivity contribution is -0.150. The number of anilines is 1. The standard InChI is InChI=1S/C20H27I2N3O9/c1-8-13(19(32)23-11(4-26)5-27)15(21)17(25-18(31)9(2)34-10(3)30)16(22)14(8)20(33)24-12(6-28)7-29/h9,11-12,26-29H,4-7H2,1-3H3,(H,23,32)(H,24,33)(H,25,31)/t9-/m0/s1. The lowest BCUT2D eigenvalue weighted by Crippen LogP contribution is -2.42. The molecular weight excluding hydrogens is 680 g/mol. The van der Waals surface area contributed by atoms with Crippen molar-refractivity contribution in [2.75, 3.05) is 31.7 Å². The lowest BCUT2D eigenvalue weighted by Gasteiger charge is -2.23. The molecule has 0 saturated carbocycles. The molecule has 190 valence electrons. The second-order valence-electron chi connectivity index (χ2n) is 7.19. The monoisotopic (exact) mass is 707 g/mol. The molecule has 1 rings (SSSR count). The highest BCUT2D eigenvalue weighted by Crippen LogP contribution is 2.35. The third-order valence-corrected chi connectivity index (χ3v) is 6.75. The second kappa shape index (κ2) is 14.1. The average Bonchev–Trinajstić information content (AvgIpc) is 2.77. The van der Waals surface area contributed by atoms with Crippen LogP contribution in [0.15, 0.2) is 0 Å². The molecule has 0 unspecified atom stereocenters. The van der Waals surface area contributed by atoms with Gasteiger partial charge < -0.3 is 41.1 Å². The minimum atomic E-state index is -1.17. The Labute approximate surface area is 223 Å². The minimum absolute atomic E-state index is 0.00180. The minimum Gasteiger partial charge on any atom is -0.453 e. The maximum Gasteiger partial charge on any atom is 0.303 e. The highest BCUT2D eigenvalue weighted by Gasteiger charge is 2.30. The molecule has 1 aromatic rings. The van der Waals surface area contributed by atoms with Crippen LogP contribution in [-0.2, 0) is 14.3 Å². The van der Waals surface area contributed by atoms with Gasteiger partial charge in [0.05, 0.1) is 62.5 Å². The summed E-state index contributed by atoms with van der Waals surface area (Å²) < 4.78 is 5.39. The molecule has 0 radical (unpaired) electrons. The molecule has 0 saturated heterocycles. The second-order valence-corrected chi connectivity index (χ2v) is 9.35. The molecule has 0 aromatic heterocycles. The fourth-order valence-corrected chi connectivity index (χ4v) is 5.41. The number of amides is 3. The normalized spacial score (nSPS) is 11.9. The number of carbonyl (C=O) groups is 4. The van der Waals surface area contributed by atoms with E-state index in [4.69, 9.17) is 4.74 Å². The predicted molar refractivity (Wildman–Crippen MR) is 137 cm³/mol. The highest BCUT2D eigenvalue weighted by molar-refractivity contribution is 14.1. The quantitative estimate of drug-likeness (QED) is 0.115. The SMILES string of the molecule is CC(=O)O[C@@H](C)C(=O)Nc1c(I)c(C(=O)NC(CO)CO)c(C)c(C(=O)NC(CO)CO)c1I. The van der Waals surface area contributed by atoms with Crippen LogP contribution in [0.25, 0.3) is 0 Å². The summed E-state index contributed by atoms with van der Waals surface area (Å²) in [6.45, 7) is 1.86. The first-order valence-electron chi connectivity index (χ1n) is 9.98. The van der Waals surface area contributed by atoms with Crippen molar-refractivity contribution in [2.24, 2.45) is 0 Å². The number of ether oxygens (including phenoxy) is 1. The molecule has 7 N–H and O–H groups in total. The number of benzene rings is 1. The van der Waals surface area contributed by atoms with Crippen LogP contribution in [0.1, 0.15) is 40.1 Å². The summed E-state index contributed by atoms with van der Waals surface area (Å²) in [4.78, 5) is 49.9. The third-order valence-electron chi connectivity index (χ3n) is 4.59. The molecule has 34 heavy (non-hydrogen) atoms. The van der Waals surface area contributed by atoms with Crippen molar-refractivity contribution in [3.63, 3.8) is 0 Å². The van der Waals surface area contributed by atoms with E-state index in [1.54, 1.807) is 0 Å². The number of aliphatic hydroxyl groups excluding tert-OH is 4. The van der Waals surface area contributed by atoms with Crippen molar-refractivity contribution in [3.05, 3.63) is 23.8 Å². The van der Waals surface area contributed by atoms with Gasteiger partial charge in [-0.05, 0) is 64.6 Å². The number of carbonyl (C=O) groups excluding carboxylic acids is 4. The largest absolute Gasteiger partial charge is 0.453 e. The Bertz CT molecular complexity index is 881. The summed E-state index contributed by atoms with van der Waals surface area (Å²) in [5, 5.41) is 44.8. The van der Waals surface area contributed by atoms with E-state index in [-0.39, 0.29) is 29.5 Å². The maximum absolute atomic E-state index is 13.0. The Hall–Kier alpha value is -1.60. The fraction of sp³-hybridized carbons (Fsp3) is 0.500. The molecule has 0 aliphatic rings. The van der Waals surface area contributed by atoms with Crippen molar-refractivity contribution >= 4 is 74.6 Å². The van der Waals surface area contributed by atoms with Crippen molar-refractivity contribution in [1.82, 2.24) is 10.6 Å². The van der Waals surface area contributed by atoms with Gasteiger partial charge in [-0.3, -0.25) is 19.2 Å². The molecule has 1 aromatic carbocycles. The number of esters is 1. The van der Waals surface area contributed by atoms with E-state index in [0.29, 0.717) is 0 Å². The van der Waals surface area contributed by atoms with Gasteiger partial charge in [-0.15, -0.1) is 0 Å². The number of halogens is 2. The smallest absolute Gasteiger partial charge is 0.303 e. The van der Waals surface area contributed by atoms with Crippen LogP contribution < -0.4 is 16.0 Å². The van der Waals surface area contributed by atoms with Gasteiger partial charge in [0.25, 0.3) is 17.7 Å². The first kappa shape index (κ1) is 30.4. The third kappa shape index (κ3) is 7.70. The lowest BCUT2D eigenvalue weighted by atomic mass is 9.98. The van der Waals surface area contributed by atoms with Crippen LogP contribution in [-0.4, -0.2) is 88.7 Å². The molecule has 12 nitrogen and oxygen atoms in total.